The molecular weight excluding hydrogens is 331 g/mol. The second kappa shape index (κ2) is 6.12. The average Bonchev–Trinajstić information content (AvgIpc) is 3.17. The lowest BCUT2D eigenvalue weighted by Gasteiger charge is -2.16. The summed E-state index contributed by atoms with van der Waals surface area (Å²) in [6, 6.07) is 5.82. The van der Waals surface area contributed by atoms with Gasteiger partial charge in [0.2, 0.25) is 0 Å². The SMILES string of the molecule is OC[C@H]1OC(n2cnc3c(-c4ccc(F)cc4)ncnc32)[C@H](O)[C@@H]1O. The van der Waals surface area contributed by atoms with Crippen molar-refractivity contribution in [1.82, 2.24) is 19.5 Å². The van der Waals surface area contributed by atoms with Crippen LogP contribution >= 0.6 is 0 Å². The van der Waals surface area contributed by atoms with Crippen LogP contribution in [0.15, 0.2) is 36.9 Å². The van der Waals surface area contributed by atoms with E-state index in [1.807, 2.05) is 0 Å². The number of aliphatic hydroxyl groups excluding tert-OH is 3. The van der Waals surface area contributed by atoms with Crippen LogP contribution in [0, 0.1) is 5.82 Å². The van der Waals surface area contributed by atoms with Crippen molar-refractivity contribution in [2.75, 3.05) is 6.61 Å². The average molecular weight is 346 g/mol. The highest BCUT2D eigenvalue weighted by Crippen LogP contribution is 2.32. The third-order valence-electron chi connectivity index (χ3n) is 4.27. The van der Waals surface area contributed by atoms with Crippen molar-refractivity contribution in [3.8, 4) is 11.3 Å². The standard InChI is InChI=1S/C16H15FN4O4/c17-9-3-1-8(2-4-9)11-12-15(19-6-18-11)21(7-20-12)16-14(24)13(23)10(5-22)25-16/h1-4,6-7,10,13-14,16,22-24H,5H2/t10-,13-,14-,16?/m1/s1. The number of benzene rings is 1. The van der Waals surface area contributed by atoms with Crippen LogP contribution in [0.25, 0.3) is 22.4 Å². The number of rotatable bonds is 3. The maximum absolute atomic E-state index is 13.1. The molecular formula is C16H15FN4O4. The zero-order valence-corrected chi connectivity index (χ0v) is 12.9. The van der Waals surface area contributed by atoms with Crippen LogP contribution in [0.1, 0.15) is 6.23 Å². The van der Waals surface area contributed by atoms with Gasteiger partial charge >= 0.3 is 0 Å². The van der Waals surface area contributed by atoms with E-state index < -0.39 is 31.1 Å². The van der Waals surface area contributed by atoms with Gasteiger partial charge in [0, 0.05) is 5.56 Å². The summed E-state index contributed by atoms with van der Waals surface area (Å²) >= 11 is 0. The molecule has 2 aromatic heterocycles. The lowest BCUT2D eigenvalue weighted by molar-refractivity contribution is -0.0511. The Hall–Kier alpha value is -2.46. The zero-order chi connectivity index (χ0) is 17.6. The first kappa shape index (κ1) is 16.0. The minimum atomic E-state index is -1.24. The van der Waals surface area contributed by atoms with Crippen molar-refractivity contribution in [2.24, 2.45) is 0 Å². The van der Waals surface area contributed by atoms with Crippen molar-refractivity contribution >= 4 is 11.2 Å². The molecule has 130 valence electrons. The Labute approximate surface area is 141 Å². The van der Waals surface area contributed by atoms with E-state index in [-0.39, 0.29) is 5.82 Å². The molecule has 0 spiro atoms. The minimum Gasteiger partial charge on any atom is -0.394 e. The summed E-state index contributed by atoms with van der Waals surface area (Å²) in [5, 5.41) is 29.3. The molecule has 9 heteroatoms. The molecule has 3 aromatic rings. The Morgan fingerprint density at radius 1 is 1.08 bits per heavy atom. The van der Waals surface area contributed by atoms with Crippen LogP contribution in [0.3, 0.4) is 0 Å². The Morgan fingerprint density at radius 2 is 1.84 bits per heavy atom. The van der Waals surface area contributed by atoms with Crippen LogP contribution in [0.4, 0.5) is 4.39 Å². The topological polar surface area (TPSA) is 114 Å². The van der Waals surface area contributed by atoms with Crippen LogP contribution < -0.4 is 0 Å². The van der Waals surface area contributed by atoms with Crippen LogP contribution in [-0.4, -0.2) is 59.8 Å². The Balaban J connectivity index is 1.78. The number of hydrogen-bond acceptors (Lipinski definition) is 7. The largest absolute Gasteiger partial charge is 0.394 e. The van der Waals surface area contributed by atoms with E-state index in [2.05, 4.69) is 15.0 Å². The molecule has 8 nitrogen and oxygen atoms in total. The molecule has 1 aromatic carbocycles. The highest BCUT2D eigenvalue weighted by molar-refractivity contribution is 5.87. The molecule has 3 N–H and O–H groups in total. The Bertz CT molecular complexity index is 901. The number of fused-ring (bicyclic) bond motifs is 1. The van der Waals surface area contributed by atoms with Gasteiger partial charge in [-0.1, -0.05) is 0 Å². The second-order valence-corrected chi connectivity index (χ2v) is 5.78. The van der Waals surface area contributed by atoms with Gasteiger partial charge in [-0.3, -0.25) is 4.57 Å². The molecule has 1 unspecified atom stereocenters. The molecule has 4 atom stereocenters. The summed E-state index contributed by atoms with van der Waals surface area (Å²) in [5.41, 5.74) is 2.02. The maximum Gasteiger partial charge on any atom is 0.166 e. The van der Waals surface area contributed by atoms with E-state index in [0.29, 0.717) is 22.4 Å². The number of aromatic nitrogens is 4. The summed E-state index contributed by atoms with van der Waals surface area (Å²) < 4.78 is 20.1. The maximum atomic E-state index is 13.1. The van der Waals surface area contributed by atoms with Crippen molar-refractivity contribution in [1.29, 1.82) is 0 Å². The monoisotopic (exact) mass is 346 g/mol. The molecule has 1 fully saturated rings. The van der Waals surface area contributed by atoms with Gasteiger partial charge in [0.1, 0.15) is 41.7 Å². The van der Waals surface area contributed by atoms with E-state index in [0.717, 1.165) is 0 Å². The first-order chi connectivity index (χ1) is 12.1. The highest BCUT2D eigenvalue weighted by Gasteiger charge is 2.44. The number of aliphatic hydroxyl groups is 3. The second-order valence-electron chi connectivity index (χ2n) is 5.78. The molecule has 0 amide bonds. The number of nitrogens with zero attached hydrogens (tertiary/aromatic N) is 4. The first-order valence-electron chi connectivity index (χ1n) is 7.66. The van der Waals surface area contributed by atoms with Gasteiger partial charge in [-0.05, 0) is 24.3 Å². The van der Waals surface area contributed by atoms with Gasteiger partial charge < -0.3 is 20.1 Å². The number of ether oxygens (including phenoxy) is 1. The number of imidazole rings is 1. The zero-order valence-electron chi connectivity index (χ0n) is 12.9. The van der Waals surface area contributed by atoms with E-state index >= 15 is 0 Å². The molecule has 0 aliphatic carbocycles. The number of halogens is 1. The van der Waals surface area contributed by atoms with Gasteiger partial charge in [-0.15, -0.1) is 0 Å². The summed E-state index contributed by atoms with van der Waals surface area (Å²) in [7, 11) is 0. The summed E-state index contributed by atoms with van der Waals surface area (Å²) in [6.45, 7) is -0.419. The lowest BCUT2D eigenvalue weighted by atomic mass is 10.1. The fourth-order valence-electron chi connectivity index (χ4n) is 2.97. The fourth-order valence-corrected chi connectivity index (χ4v) is 2.97. The van der Waals surface area contributed by atoms with E-state index in [4.69, 9.17) is 4.74 Å². The number of hydrogen-bond donors (Lipinski definition) is 3. The quantitative estimate of drug-likeness (QED) is 0.623. The lowest BCUT2D eigenvalue weighted by Crippen LogP contribution is -2.33. The third-order valence-corrected chi connectivity index (χ3v) is 4.27. The van der Waals surface area contributed by atoms with Crippen molar-refractivity contribution in [3.05, 3.63) is 42.7 Å². The molecule has 1 aliphatic heterocycles. The van der Waals surface area contributed by atoms with Crippen LogP contribution in [-0.2, 0) is 4.74 Å². The molecule has 0 radical (unpaired) electrons. The van der Waals surface area contributed by atoms with Gasteiger partial charge in [0.15, 0.2) is 11.9 Å². The van der Waals surface area contributed by atoms with E-state index in [1.165, 1.54) is 29.4 Å². The molecule has 3 heterocycles. The Kier molecular flexibility index (Phi) is 3.92. The van der Waals surface area contributed by atoms with Crippen LogP contribution in [0.2, 0.25) is 0 Å². The molecule has 25 heavy (non-hydrogen) atoms. The normalized spacial score (nSPS) is 26.4. The summed E-state index contributed by atoms with van der Waals surface area (Å²) in [5.74, 6) is -0.355. The molecule has 1 saturated heterocycles. The third kappa shape index (κ3) is 2.57. The van der Waals surface area contributed by atoms with Gasteiger partial charge in [0.25, 0.3) is 0 Å². The van der Waals surface area contributed by atoms with Gasteiger partial charge in [-0.25, -0.2) is 19.3 Å². The molecule has 0 bridgehead atoms. The smallest absolute Gasteiger partial charge is 0.166 e. The Morgan fingerprint density at radius 3 is 2.52 bits per heavy atom. The highest BCUT2D eigenvalue weighted by atomic mass is 19.1. The molecule has 1 aliphatic rings. The minimum absolute atomic E-state index is 0.355. The van der Waals surface area contributed by atoms with Gasteiger partial charge in [0.05, 0.1) is 12.9 Å². The summed E-state index contributed by atoms with van der Waals surface area (Å²) in [4.78, 5) is 12.7. The van der Waals surface area contributed by atoms with E-state index in [1.54, 1.807) is 12.1 Å². The van der Waals surface area contributed by atoms with Crippen molar-refractivity contribution < 1.29 is 24.4 Å². The summed E-state index contributed by atoms with van der Waals surface area (Å²) in [6.07, 6.45) is -1.53. The van der Waals surface area contributed by atoms with Crippen molar-refractivity contribution in [3.63, 3.8) is 0 Å². The van der Waals surface area contributed by atoms with Crippen molar-refractivity contribution in [2.45, 2.75) is 24.5 Å². The predicted molar refractivity (Wildman–Crippen MR) is 83.7 cm³/mol. The van der Waals surface area contributed by atoms with E-state index in [9.17, 15) is 19.7 Å². The molecule has 4 rings (SSSR count). The van der Waals surface area contributed by atoms with Gasteiger partial charge in [-0.2, -0.15) is 0 Å². The fraction of sp³-hybridized carbons (Fsp3) is 0.312. The predicted octanol–water partition coefficient (Wildman–Crippen LogP) is 0.244. The molecule has 0 saturated carbocycles. The van der Waals surface area contributed by atoms with Crippen LogP contribution in [0.5, 0.6) is 0 Å². The first-order valence-corrected chi connectivity index (χ1v) is 7.66.